The summed E-state index contributed by atoms with van der Waals surface area (Å²) in [6.07, 6.45) is 0.0933. The van der Waals surface area contributed by atoms with E-state index in [4.69, 9.17) is 10.00 Å². The average Bonchev–Trinajstić information content (AvgIpc) is 2.79. The van der Waals surface area contributed by atoms with Gasteiger partial charge in [0.1, 0.15) is 5.54 Å². The standard InChI is InChI=1S/C26H32N4O4/c1-6-34-24(32)16-15-23(31)30(18(2)3)22-13-11-20(12-14-22)28-25(33)26(4,5)29-21-9-7-19(17-27)8-10-21/h7-14,18,29H,6,15-16H2,1-5H3,(H,28,33). The molecule has 2 rings (SSSR count). The predicted octanol–water partition coefficient (Wildman–Crippen LogP) is 4.47. The van der Waals surface area contributed by atoms with E-state index in [0.717, 1.165) is 5.69 Å². The van der Waals surface area contributed by atoms with Crippen LogP contribution in [-0.4, -0.2) is 36.0 Å². The topological polar surface area (TPSA) is 112 Å². The number of amides is 2. The number of nitrogens with one attached hydrogen (secondary N) is 2. The monoisotopic (exact) mass is 464 g/mol. The van der Waals surface area contributed by atoms with Gasteiger partial charge in [0.05, 0.1) is 24.7 Å². The smallest absolute Gasteiger partial charge is 0.306 e. The van der Waals surface area contributed by atoms with Crippen molar-refractivity contribution in [3.8, 4) is 6.07 Å². The van der Waals surface area contributed by atoms with Gasteiger partial charge >= 0.3 is 5.97 Å². The number of nitrogens with zero attached hydrogens (tertiary/aromatic N) is 2. The number of benzene rings is 2. The molecule has 2 aromatic carbocycles. The first-order valence-electron chi connectivity index (χ1n) is 11.2. The van der Waals surface area contributed by atoms with Crippen molar-refractivity contribution in [1.29, 1.82) is 5.26 Å². The number of ether oxygens (including phenoxy) is 1. The highest BCUT2D eigenvalue weighted by Gasteiger charge is 2.27. The number of anilines is 3. The van der Waals surface area contributed by atoms with Crippen molar-refractivity contribution in [3.05, 3.63) is 54.1 Å². The van der Waals surface area contributed by atoms with E-state index in [1.807, 2.05) is 13.8 Å². The van der Waals surface area contributed by atoms with Crippen LogP contribution in [0.3, 0.4) is 0 Å². The molecule has 0 unspecified atom stereocenters. The highest BCUT2D eigenvalue weighted by Crippen LogP contribution is 2.23. The molecule has 180 valence electrons. The molecule has 0 aliphatic heterocycles. The molecule has 0 aromatic heterocycles. The maximum atomic E-state index is 12.9. The number of rotatable bonds is 10. The second-order valence-electron chi connectivity index (χ2n) is 8.60. The van der Waals surface area contributed by atoms with Gasteiger partial charge < -0.3 is 20.3 Å². The molecule has 0 saturated heterocycles. The molecule has 0 atom stereocenters. The summed E-state index contributed by atoms with van der Waals surface area (Å²) in [5.41, 5.74) is 1.62. The number of hydrogen-bond donors (Lipinski definition) is 2. The van der Waals surface area contributed by atoms with E-state index in [1.54, 1.807) is 74.2 Å². The van der Waals surface area contributed by atoms with Crippen molar-refractivity contribution >= 4 is 34.8 Å². The van der Waals surface area contributed by atoms with Crippen molar-refractivity contribution in [2.75, 3.05) is 22.1 Å². The fourth-order valence-electron chi connectivity index (χ4n) is 3.33. The number of hydrogen-bond acceptors (Lipinski definition) is 6. The van der Waals surface area contributed by atoms with E-state index in [1.165, 1.54) is 0 Å². The Balaban J connectivity index is 2.04. The fourth-order valence-corrected chi connectivity index (χ4v) is 3.33. The zero-order chi connectivity index (χ0) is 25.3. The molecule has 0 radical (unpaired) electrons. The molecule has 8 nitrogen and oxygen atoms in total. The molecule has 2 N–H and O–H groups in total. The summed E-state index contributed by atoms with van der Waals surface area (Å²) in [6, 6.07) is 15.8. The normalized spacial score (nSPS) is 10.9. The Labute approximate surface area is 200 Å². The molecule has 0 aliphatic rings. The Morgan fingerprint density at radius 3 is 2.12 bits per heavy atom. The lowest BCUT2D eigenvalue weighted by molar-refractivity contribution is -0.144. The Hall–Kier alpha value is -3.86. The zero-order valence-corrected chi connectivity index (χ0v) is 20.3. The van der Waals surface area contributed by atoms with Gasteiger partial charge in [0.15, 0.2) is 0 Å². The van der Waals surface area contributed by atoms with E-state index in [2.05, 4.69) is 16.7 Å². The number of esters is 1. The van der Waals surface area contributed by atoms with Crippen molar-refractivity contribution in [3.63, 3.8) is 0 Å². The lowest BCUT2D eigenvalue weighted by Gasteiger charge is -2.28. The molecule has 2 amide bonds. The van der Waals surface area contributed by atoms with Crippen molar-refractivity contribution < 1.29 is 19.1 Å². The second kappa shape index (κ2) is 11.8. The van der Waals surface area contributed by atoms with E-state index >= 15 is 0 Å². The maximum absolute atomic E-state index is 12.9. The van der Waals surface area contributed by atoms with Crippen molar-refractivity contribution in [2.45, 2.75) is 59.0 Å². The van der Waals surface area contributed by atoms with E-state index in [9.17, 15) is 14.4 Å². The molecule has 0 spiro atoms. The number of carbonyl (C=O) groups excluding carboxylic acids is 3. The molecule has 2 aromatic rings. The third kappa shape index (κ3) is 7.34. The summed E-state index contributed by atoms with van der Waals surface area (Å²) in [4.78, 5) is 38.8. The minimum Gasteiger partial charge on any atom is -0.466 e. The van der Waals surface area contributed by atoms with Gasteiger partial charge in [0, 0.05) is 29.5 Å². The average molecular weight is 465 g/mol. The van der Waals surface area contributed by atoms with Gasteiger partial charge in [-0.3, -0.25) is 14.4 Å². The molecule has 0 saturated carbocycles. The minimum absolute atomic E-state index is 0.0331. The number of carbonyl (C=O) groups is 3. The number of nitriles is 1. The third-order valence-electron chi connectivity index (χ3n) is 5.08. The first kappa shape index (κ1) is 26.4. The summed E-state index contributed by atoms with van der Waals surface area (Å²) >= 11 is 0. The van der Waals surface area contributed by atoms with Gasteiger partial charge in [-0.25, -0.2) is 0 Å². The predicted molar refractivity (Wildman–Crippen MR) is 132 cm³/mol. The van der Waals surface area contributed by atoms with Crippen LogP contribution in [0.5, 0.6) is 0 Å². The lowest BCUT2D eigenvalue weighted by atomic mass is 10.0. The Morgan fingerprint density at radius 1 is 1.00 bits per heavy atom. The highest BCUT2D eigenvalue weighted by molar-refractivity contribution is 6.00. The first-order valence-corrected chi connectivity index (χ1v) is 11.2. The summed E-state index contributed by atoms with van der Waals surface area (Å²) in [7, 11) is 0. The second-order valence-corrected chi connectivity index (χ2v) is 8.60. The third-order valence-corrected chi connectivity index (χ3v) is 5.08. The SMILES string of the molecule is CCOC(=O)CCC(=O)N(c1ccc(NC(=O)C(C)(C)Nc2ccc(C#N)cc2)cc1)C(C)C. The van der Waals surface area contributed by atoms with Gasteiger partial charge in [-0.1, -0.05) is 0 Å². The van der Waals surface area contributed by atoms with E-state index in [-0.39, 0.29) is 37.3 Å². The Morgan fingerprint density at radius 2 is 1.59 bits per heavy atom. The molecular formula is C26H32N4O4. The molecule has 0 heterocycles. The quantitative estimate of drug-likeness (QED) is 0.502. The van der Waals surface area contributed by atoms with Crippen LogP contribution in [0.15, 0.2) is 48.5 Å². The van der Waals surface area contributed by atoms with Crippen LogP contribution in [0, 0.1) is 11.3 Å². The van der Waals surface area contributed by atoms with Gasteiger partial charge in [-0.15, -0.1) is 0 Å². The zero-order valence-electron chi connectivity index (χ0n) is 20.3. The molecule has 34 heavy (non-hydrogen) atoms. The molecule has 0 bridgehead atoms. The molecule has 8 heteroatoms. The fraction of sp³-hybridized carbons (Fsp3) is 0.385. The van der Waals surface area contributed by atoms with Crippen LogP contribution in [0.1, 0.15) is 53.0 Å². The Kier molecular flexibility index (Phi) is 9.19. The maximum Gasteiger partial charge on any atom is 0.306 e. The van der Waals surface area contributed by atoms with Crippen LogP contribution in [-0.2, 0) is 19.1 Å². The van der Waals surface area contributed by atoms with Crippen molar-refractivity contribution in [1.82, 2.24) is 0 Å². The summed E-state index contributed by atoms with van der Waals surface area (Å²) < 4.78 is 4.90. The van der Waals surface area contributed by atoms with Crippen molar-refractivity contribution in [2.24, 2.45) is 0 Å². The molecule has 0 fully saturated rings. The summed E-state index contributed by atoms with van der Waals surface area (Å²) in [6.45, 7) is 9.33. The van der Waals surface area contributed by atoms with E-state index in [0.29, 0.717) is 16.9 Å². The summed E-state index contributed by atoms with van der Waals surface area (Å²) in [5.74, 6) is -0.807. The van der Waals surface area contributed by atoms with Crippen LogP contribution in [0.4, 0.5) is 17.1 Å². The van der Waals surface area contributed by atoms with E-state index < -0.39 is 11.5 Å². The Bertz CT molecular complexity index is 1040. The highest BCUT2D eigenvalue weighted by atomic mass is 16.5. The van der Waals surface area contributed by atoms with Crippen LogP contribution in [0.2, 0.25) is 0 Å². The van der Waals surface area contributed by atoms with Crippen LogP contribution in [0.25, 0.3) is 0 Å². The van der Waals surface area contributed by atoms with Gasteiger partial charge in [-0.05, 0) is 83.1 Å². The molecular weight excluding hydrogens is 432 g/mol. The van der Waals surface area contributed by atoms with Gasteiger partial charge in [0.25, 0.3) is 0 Å². The van der Waals surface area contributed by atoms with Crippen LogP contribution < -0.4 is 15.5 Å². The van der Waals surface area contributed by atoms with Gasteiger partial charge in [-0.2, -0.15) is 5.26 Å². The van der Waals surface area contributed by atoms with Crippen LogP contribution >= 0.6 is 0 Å². The molecule has 0 aliphatic carbocycles. The minimum atomic E-state index is -0.917. The first-order chi connectivity index (χ1) is 16.1. The largest absolute Gasteiger partial charge is 0.466 e. The van der Waals surface area contributed by atoms with Gasteiger partial charge in [0.2, 0.25) is 11.8 Å². The lowest BCUT2D eigenvalue weighted by Crippen LogP contribution is -2.44. The summed E-state index contributed by atoms with van der Waals surface area (Å²) in [5, 5.41) is 15.0.